The molecule has 0 fully saturated rings. The van der Waals surface area contributed by atoms with Crippen molar-refractivity contribution in [1.29, 1.82) is 0 Å². The predicted octanol–water partition coefficient (Wildman–Crippen LogP) is 2.21. The minimum absolute atomic E-state index is 0.0252. The lowest BCUT2D eigenvalue weighted by Crippen LogP contribution is -2.29. The van der Waals surface area contributed by atoms with Gasteiger partial charge in [0, 0.05) is 30.5 Å². The molecule has 1 amide bonds. The van der Waals surface area contributed by atoms with Crippen LogP contribution in [0.25, 0.3) is 0 Å². The van der Waals surface area contributed by atoms with Gasteiger partial charge in [-0.2, -0.15) is 0 Å². The van der Waals surface area contributed by atoms with Crippen molar-refractivity contribution in [2.75, 3.05) is 13.2 Å². The largest absolute Gasteiger partial charge is 0.349 e. The maximum absolute atomic E-state index is 12.6. The summed E-state index contributed by atoms with van der Waals surface area (Å²) in [7, 11) is -3.83. The third kappa shape index (κ3) is 5.07. The Kier molecular flexibility index (Phi) is 6.60. The third-order valence-electron chi connectivity index (χ3n) is 3.58. The third-order valence-corrected chi connectivity index (χ3v) is 5.05. The maximum Gasteiger partial charge on any atom is 0.251 e. The van der Waals surface area contributed by atoms with Gasteiger partial charge in [-0.15, -0.1) is 0 Å². The first-order valence-corrected chi connectivity index (χ1v) is 9.32. The van der Waals surface area contributed by atoms with Gasteiger partial charge >= 0.3 is 0 Å². The van der Waals surface area contributed by atoms with Gasteiger partial charge in [0.25, 0.3) is 5.91 Å². The number of alkyl halides is 1. The molecule has 25 heavy (non-hydrogen) atoms. The van der Waals surface area contributed by atoms with Gasteiger partial charge in [0.15, 0.2) is 0 Å². The molecular formula is C17H20FN3O3S. The number of aromatic nitrogens is 1. The SMILES string of the molecule is CC[C@H](NS(=O)(=O)c1cccc(C(=O)NCCF)c1)c1cccnc1. The lowest BCUT2D eigenvalue weighted by Gasteiger charge is -2.17. The van der Waals surface area contributed by atoms with E-state index in [0.29, 0.717) is 6.42 Å². The van der Waals surface area contributed by atoms with E-state index in [1.54, 1.807) is 24.5 Å². The second kappa shape index (κ2) is 8.68. The van der Waals surface area contributed by atoms with Crippen LogP contribution in [-0.2, 0) is 10.0 Å². The van der Waals surface area contributed by atoms with Crippen molar-refractivity contribution in [2.45, 2.75) is 24.3 Å². The van der Waals surface area contributed by atoms with E-state index in [-0.39, 0.29) is 17.0 Å². The molecule has 1 atom stereocenters. The summed E-state index contributed by atoms with van der Waals surface area (Å²) < 4.78 is 40.1. The Morgan fingerprint density at radius 2 is 2.08 bits per heavy atom. The van der Waals surface area contributed by atoms with Crippen LogP contribution in [-0.4, -0.2) is 32.5 Å². The Morgan fingerprint density at radius 3 is 2.72 bits per heavy atom. The number of carbonyl (C=O) groups is 1. The van der Waals surface area contributed by atoms with Gasteiger partial charge in [0.2, 0.25) is 10.0 Å². The number of hydrogen-bond donors (Lipinski definition) is 2. The first kappa shape index (κ1) is 19.0. The van der Waals surface area contributed by atoms with E-state index >= 15 is 0 Å². The number of pyridine rings is 1. The van der Waals surface area contributed by atoms with Crippen molar-refractivity contribution in [3.05, 3.63) is 59.9 Å². The highest BCUT2D eigenvalue weighted by Gasteiger charge is 2.21. The van der Waals surface area contributed by atoms with Crippen molar-refractivity contribution in [3.8, 4) is 0 Å². The van der Waals surface area contributed by atoms with Gasteiger partial charge in [-0.3, -0.25) is 9.78 Å². The fourth-order valence-electron chi connectivity index (χ4n) is 2.29. The van der Waals surface area contributed by atoms with Gasteiger partial charge in [-0.05, 0) is 36.2 Å². The van der Waals surface area contributed by atoms with Gasteiger partial charge in [-0.1, -0.05) is 19.1 Å². The minimum atomic E-state index is -3.83. The van der Waals surface area contributed by atoms with Crippen LogP contribution >= 0.6 is 0 Å². The highest BCUT2D eigenvalue weighted by atomic mass is 32.2. The zero-order valence-electron chi connectivity index (χ0n) is 13.8. The van der Waals surface area contributed by atoms with Crippen LogP contribution in [0.4, 0.5) is 4.39 Å². The van der Waals surface area contributed by atoms with Crippen LogP contribution in [0.2, 0.25) is 0 Å². The minimum Gasteiger partial charge on any atom is -0.349 e. The van der Waals surface area contributed by atoms with Crippen LogP contribution in [0.3, 0.4) is 0 Å². The first-order valence-electron chi connectivity index (χ1n) is 7.84. The summed E-state index contributed by atoms with van der Waals surface area (Å²) in [5.41, 5.74) is 0.913. The average molecular weight is 365 g/mol. The number of amides is 1. The van der Waals surface area contributed by atoms with Crippen molar-refractivity contribution in [3.63, 3.8) is 0 Å². The number of carbonyl (C=O) groups excluding carboxylic acids is 1. The molecule has 0 aliphatic rings. The van der Waals surface area contributed by atoms with Gasteiger partial charge in [0.05, 0.1) is 4.90 Å². The standard InChI is InChI=1S/C17H20FN3O3S/c1-2-16(14-6-4-9-19-12-14)21-25(23,24)15-7-3-5-13(11-15)17(22)20-10-8-18/h3-7,9,11-12,16,21H,2,8,10H2,1H3,(H,20,22)/t16-/m0/s1. The van der Waals surface area contributed by atoms with E-state index in [9.17, 15) is 17.6 Å². The number of rotatable bonds is 8. The van der Waals surface area contributed by atoms with E-state index in [2.05, 4.69) is 15.0 Å². The smallest absolute Gasteiger partial charge is 0.251 e. The lowest BCUT2D eigenvalue weighted by molar-refractivity contribution is 0.0950. The Bertz CT molecular complexity index is 813. The topological polar surface area (TPSA) is 88.2 Å². The molecule has 1 aromatic carbocycles. The number of benzene rings is 1. The Labute approximate surface area is 146 Å². The number of sulfonamides is 1. The molecule has 6 nitrogen and oxygen atoms in total. The molecule has 1 heterocycles. The molecule has 0 aliphatic heterocycles. The molecule has 0 unspecified atom stereocenters. The van der Waals surface area contributed by atoms with Gasteiger partial charge in [-0.25, -0.2) is 17.5 Å². The van der Waals surface area contributed by atoms with Crippen molar-refractivity contribution < 1.29 is 17.6 Å². The van der Waals surface area contributed by atoms with Crippen molar-refractivity contribution in [2.24, 2.45) is 0 Å². The summed E-state index contributed by atoms with van der Waals surface area (Å²) in [6.07, 6.45) is 3.77. The summed E-state index contributed by atoms with van der Waals surface area (Å²) in [6.45, 7) is 1.06. The van der Waals surface area contributed by atoms with Crippen LogP contribution < -0.4 is 10.0 Å². The van der Waals surface area contributed by atoms with Crippen LogP contribution in [0, 0.1) is 0 Å². The summed E-state index contributed by atoms with van der Waals surface area (Å²) in [6, 6.07) is 8.74. The first-order chi connectivity index (χ1) is 12.0. The molecule has 0 aliphatic carbocycles. The van der Waals surface area contributed by atoms with Crippen LogP contribution in [0.5, 0.6) is 0 Å². The van der Waals surface area contributed by atoms with E-state index in [1.165, 1.54) is 24.3 Å². The summed E-state index contributed by atoms with van der Waals surface area (Å²) >= 11 is 0. The summed E-state index contributed by atoms with van der Waals surface area (Å²) in [5, 5.41) is 2.37. The van der Waals surface area contributed by atoms with E-state index in [1.807, 2.05) is 6.92 Å². The molecular weight excluding hydrogens is 345 g/mol. The summed E-state index contributed by atoms with van der Waals surface area (Å²) in [4.78, 5) is 15.9. The second-order valence-corrected chi connectivity index (χ2v) is 7.06. The number of nitrogens with zero attached hydrogens (tertiary/aromatic N) is 1. The Hall–Kier alpha value is -2.32. The number of nitrogens with one attached hydrogen (secondary N) is 2. The van der Waals surface area contributed by atoms with Crippen molar-refractivity contribution in [1.82, 2.24) is 15.0 Å². The van der Waals surface area contributed by atoms with Crippen molar-refractivity contribution >= 4 is 15.9 Å². The highest BCUT2D eigenvalue weighted by molar-refractivity contribution is 7.89. The van der Waals surface area contributed by atoms with Gasteiger partial charge < -0.3 is 5.32 Å². The zero-order valence-corrected chi connectivity index (χ0v) is 14.6. The molecule has 0 spiro atoms. The normalized spacial score (nSPS) is 12.6. The maximum atomic E-state index is 12.6. The molecule has 0 saturated carbocycles. The average Bonchev–Trinajstić information content (AvgIpc) is 2.65. The highest BCUT2D eigenvalue weighted by Crippen LogP contribution is 2.20. The van der Waals surface area contributed by atoms with Crippen LogP contribution in [0.15, 0.2) is 53.7 Å². The number of halogens is 1. The second-order valence-electron chi connectivity index (χ2n) is 5.34. The molecule has 8 heteroatoms. The fourth-order valence-corrected chi connectivity index (χ4v) is 3.65. The summed E-state index contributed by atoms with van der Waals surface area (Å²) in [5.74, 6) is -0.519. The fraction of sp³-hybridized carbons (Fsp3) is 0.294. The monoisotopic (exact) mass is 365 g/mol. The molecule has 134 valence electrons. The Balaban J connectivity index is 2.23. The van der Waals surface area contributed by atoms with Crippen LogP contribution in [0.1, 0.15) is 35.3 Å². The van der Waals surface area contributed by atoms with Gasteiger partial charge in [0.1, 0.15) is 6.67 Å². The molecule has 0 radical (unpaired) electrons. The lowest BCUT2D eigenvalue weighted by atomic mass is 10.1. The van der Waals surface area contributed by atoms with E-state index in [4.69, 9.17) is 0 Å². The molecule has 2 aromatic rings. The predicted molar refractivity (Wildman–Crippen MR) is 92.3 cm³/mol. The van der Waals surface area contributed by atoms with E-state index < -0.39 is 28.6 Å². The molecule has 2 rings (SSSR count). The van der Waals surface area contributed by atoms with E-state index in [0.717, 1.165) is 5.56 Å². The molecule has 0 bridgehead atoms. The quantitative estimate of drug-likeness (QED) is 0.751. The number of hydrogen-bond acceptors (Lipinski definition) is 4. The zero-order chi connectivity index (χ0) is 18.3. The molecule has 1 aromatic heterocycles. The Morgan fingerprint density at radius 1 is 1.28 bits per heavy atom. The molecule has 2 N–H and O–H groups in total. The molecule has 0 saturated heterocycles.